The van der Waals surface area contributed by atoms with E-state index in [1.54, 1.807) is 0 Å². The molecule has 0 fully saturated rings. The maximum Gasteiger partial charge on any atom is 0.217 e. The lowest BCUT2D eigenvalue weighted by atomic mass is 9.97. The fourth-order valence-corrected chi connectivity index (χ4v) is 2.73. The molecule has 1 unspecified atom stereocenters. The molecule has 0 amide bonds. The number of Topliss-reactive ketones (excluding diaryl/α,β-unsaturated/α-hetero) is 1. The smallest absolute Gasteiger partial charge is 0.217 e. The average Bonchev–Trinajstić information content (AvgIpc) is 3.05. The molecule has 1 aliphatic rings. The number of carbonyl (C=O) groups excluding carboxylic acids is 1. The Morgan fingerprint density at radius 3 is 2.90 bits per heavy atom. The molecule has 3 rings (SSSR count). The molecule has 20 heavy (non-hydrogen) atoms. The first-order chi connectivity index (χ1) is 9.79. The third kappa shape index (κ3) is 2.38. The highest BCUT2D eigenvalue weighted by atomic mass is 16.1. The van der Waals surface area contributed by atoms with Gasteiger partial charge in [-0.15, -0.1) is 5.10 Å². The topological polar surface area (TPSA) is 47.8 Å². The average molecular weight is 269 g/mol. The molecule has 0 saturated carbocycles. The molecule has 4 heteroatoms. The Morgan fingerprint density at radius 1 is 1.35 bits per heavy atom. The summed E-state index contributed by atoms with van der Waals surface area (Å²) < 4.78 is 1.90. The van der Waals surface area contributed by atoms with Crippen LogP contribution in [-0.4, -0.2) is 20.5 Å². The van der Waals surface area contributed by atoms with Gasteiger partial charge in [0.1, 0.15) is 5.82 Å². The van der Waals surface area contributed by atoms with Crippen molar-refractivity contribution in [1.29, 1.82) is 0 Å². The standard InChI is InChI=1S/C16H19N3O/c1-2-3-9-14(20)15-17-16-13(10-11-19(16)18-15)12-7-5-4-6-8-12/h4-8,13H,2-3,9-11H2,1H3. The summed E-state index contributed by atoms with van der Waals surface area (Å²) in [4.78, 5) is 16.5. The Bertz CT molecular complexity index is 603. The molecule has 1 atom stereocenters. The molecule has 1 aliphatic heterocycles. The summed E-state index contributed by atoms with van der Waals surface area (Å²) in [7, 11) is 0. The molecule has 2 aromatic rings. The summed E-state index contributed by atoms with van der Waals surface area (Å²) in [6.07, 6.45) is 3.50. The van der Waals surface area contributed by atoms with Gasteiger partial charge < -0.3 is 0 Å². The van der Waals surface area contributed by atoms with Gasteiger partial charge in [0.15, 0.2) is 0 Å². The Labute approximate surface area is 118 Å². The number of hydrogen-bond acceptors (Lipinski definition) is 3. The van der Waals surface area contributed by atoms with Crippen molar-refractivity contribution < 1.29 is 4.79 Å². The van der Waals surface area contributed by atoms with Crippen molar-refractivity contribution in [3.05, 3.63) is 47.5 Å². The fraction of sp³-hybridized carbons (Fsp3) is 0.438. The molecule has 0 aliphatic carbocycles. The van der Waals surface area contributed by atoms with E-state index in [0.717, 1.165) is 31.6 Å². The van der Waals surface area contributed by atoms with Gasteiger partial charge in [0.2, 0.25) is 11.6 Å². The monoisotopic (exact) mass is 269 g/mol. The lowest BCUT2D eigenvalue weighted by Crippen LogP contribution is -2.04. The zero-order valence-electron chi connectivity index (χ0n) is 11.7. The van der Waals surface area contributed by atoms with Gasteiger partial charge in [-0.25, -0.2) is 9.67 Å². The van der Waals surface area contributed by atoms with Crippen molar-refractivity contribution in [1.82, 2.24) is 14.8 Å². The molecule has 0 spiro atoms. The Kier molecular flexibility index (Phi) is 3.63. The molecule has 104 valence electrons. The summed E-state index contributed by atoms with van der Waals surface area (Å²) in [5.41, 5.74) is 1.26. The van der Waals surface area contributed by atoms with Crippen LogP contribution in [0.3, 0.4) is 0 Å². The number of hydrogen-bond donors (Lipinski definition) is 0. The highest BCUT2D eigenvalue weighted by molar-refractivity contribution is 5.92. The minimum Gasteiger partial charge on any atom is -0.291 e. The number of rotatable bonds is 5. The number of aryl methyl sites for hydroxylation is 1. The van der Waals surface area contributed by atoms with E-state index in [-0.39, 0.29) is 11.7 Å². The fourth-order valence-electron chi connectivity index (χ4n) is 2.73. The molecule has 2 heterocycles. The number of carbonyl (C=O) groups is 1. The number of nitrogens with zero attached hydrogens (tertiary/aromatic N) is 3. The van der Waals surface area contributed by atoms with Gasteiger partial charge in [0.25, 0.3) is 0 Å². The van der Waals surface area contributed by atoms with E-state index < -0.39 is 0 Å². The van der Waals surface area contributed by atoms with E-state index in [0.29, 0.717) is 12.2 Å². The van der Waals surface area contributed by atoms with Gasteiger partial charge in [-0.1, -0.05) is 43.7 Å². The van der Waals surface area contributed by atoms with Crippen LogP contribution >= 0.6 is 0 Å². The molecule has 1 aromatic heterocycles. The summed E-state index contributed by atoms with van der Waals surface area (Å²) in [6, 6.07) is 10.3. The van der Waals surface area contributed by atoms with Crippen molar-refractivity contribution in [3.8, 4) is 0 Å². The molecular weight excluding hydrogens is 250 g/mol. The van der Waals surface area contributed by atoms with Crippen LogP contribution in [0.5, 0.6) is 0 Å². The molecule has 0 bridgehead atoms. The van der Waals surface area contributed by atoms with Crippen molar-refractivity contribution in [2.24, 2.45) is 0 Å². The maximum atomic E-state index is 12.0. The zero-order chi connectivity index (χ0) is 13.9. The highest BCUT2D eigenvalue weighted by Crippen LogP contribution is 2.32. The number of benzene rings is 1. The van der Waals surface area contributed by atoms with Crippen molar-refractivity contribution in [3.63, 3.8) is 0 Å². The molecule has 0 saturated heterocycles. The van der Waals surface area contributed by atoms with E-state index in [1.165, 1.54) is 5.56 Å². The van der Waals surface area contributed by atoms with Crippen LogP contribution in [0.4, 0.5) is 0 Å². The lowest BCUT2D eigenvalue weighted by Gasteiger charge is -2.07. The Hall–Kier alpha value is -1.97. The molecule has 1 aromatic carbocycles. The quantitative estimate of drug-likeness (QED) is 0.783. The molecule has 4 nitrogen and oxygen atoms in total. The van der Waals surface area contributed by atoms with Gasteiger partial charge >= 0.3 is 0 Å². The van der Waals surface area contributed by atoms with Gasteiger partial charge in [0.05, 0.1) is 0 Å². The van der Waals surface area contributed by atoms with Crippen LogP contribution in [0.2, 0.25) is 0 Å². The Morgan fingerprint density at radius 2 is 2.15 bits per heavy atom. The van der Waals surface area contributed by atoms with Gasteiger partial charge in [0, 0.05) is 18.9 Å². The van der Waals surface area contributed by atoms with Crippen LogP contribution in [0.25, 0.3) is 0 Å². The molecular formula is C16H19N3O. The zero-order valence-corrected chi connectivity index (χ0v) is 11.7. The van der Waals surface area contributed by atoms with Crippen LogP contribution < -0.4 is 0 Å². The largest absolute Gasteiger partial charge is 0.291 e. The summed E-state index contributed by atoms with van der Waals surface area (Å²) in [5, 5.41) is 4.38. The van der Waals surface area contributed by atoms with Crippen LogP contribution in [0.1, 0.15) is 60.5 Å². The van der Waals surface area contributed by atoms with E-state index in [1.807, 2.05) is 22.9 Å². The predicted octanol–water partition coefficient (Wildman–Crippen LogP) is 3.19. The molecule has 0 radical (unpaired) electrons. The second kappa shape index (κ2) is 5.57. The number of unbranched alkanes of at least 4 members (excludes halogenated alkanes) is 1. The van der Waals surface area contributed by atoms with E-state index in [4.69, 9.17) is 0 Å². The predicted molar refractivity (Wildman–Crippen MR) is 76.8 cm³/mol. The van der Waals surface area contributed by atoms with Crippen molar-refractivity contribution in [2.45, 2.75) is 45.1 Å². The minimum absolute atomic E-state index is 0.0700. The lowest BCUT2D eigenvalue weighted by molar-refractivity contribution is 0.0969. The van der Waals surface area contributed by atoms with Crippen LogP contribution in [0.15, 0.2) is 30.3 Å². The van der Waals surface area contributed by atoms with E-state index in [2.05, 4.69) is 29.1 Å². The number of ketones is 1. The van der Waals surface area contributed by atoms with E-state index >= 15 is 0 Å². The van der Waals surface area contributed by atoms with Gasteiger partial charge in [-0.3, -0.25) is 4.79 Å². The number of fused-ring (bicyclic) bond motifs is 1. The summed E-state index contributed by atoms with van der Waals surface area (Å²) in [5.74, 6) is 1.68. The highest BCUT2D eigenvalue weighted by Gasteiger charge is 2.29. The van der Waals surface area contributed by atoms with Crippen molar-refractivity contribution in [2.75, 3.05) is 0 Å². The Balaban J connectivity index is 1.83. The first-order valence-corrected chi connectivity index (χ1v) is 7.32. The third-order valence-corrected chi connectivity index (χ3v) is 3.85. The first kappa shape index (κ1) is 13.0. The normalized spacial score (nSPS) is 17.1. The first-order valence-electron chi connectivity index (χ1n) is 7.32. The van der Waals surface area contributed by atoms with Crippen molar-refractivity contribution >= 4 is 5.78 Å². The summed E-state index contributed by atoms with van der Waals surface area (Å²) >= 11 is 0. The maximum absolute atomic E-state index is 12.0. The van der Waals surface area contributed by atoms with Gasteiger partial charge in [-0.2, -0.15) is 0 Å². The van der Waals surface area contributed by atoms with Crippen LogP contribution in [0, 0.1) is 0 Å². The van der Waals surface area contributed by atoms with Crippen LogP contribution in [-0.2, 0) is 6.54 Å². The molecule has 0 N–H and O–H groups in total. The van der Waals surface area contributed by atoms with E-state index in [9.17, 15) is 4.79 Å². The SMILES string of the molecule is CCCCC(=O)c1nc2n(n1)CCC2c1ccccc1. The minimum atomic E-state index is 0.0700. The number of aromatic nitrogens is 3. The van der Waals surface area contributed by atoms with Gasteiger partial charge in [-0.05, 0) is 18.4 Å². The third-order valence-electron chi connectivity index (χ3n) is 3.85. The second-order valence-electron chi connectivity index (χ2n) is 5.30. The summed E-state index contributed by atoms with van der Waals surface area (Å²) in [6.45, 7) is 2.93. The second-order valence-corrected chi connectivity index (χ2v) is 5.30.